The molecule has 3 heteroatoms. The number of ether oxygens (including phenoxy) is 1. The van der Waals surface area contributed by atoms with E-state index in [2.05, 4.69) is 5.32 Å². The van der Waals surface area contributed by atoms with Crippen LogP contribution in [-0.2, 0) is 0 Å². The van der Waals surface area contributed by atoms with Crippen LogP contribution in [0.15, 0.2) is 18.2 Å². The Balaban J connectivity index is 2.06. The summed E-state index contributed by atoms with van der Waals surface area (Å²) in [7, 11) is 1.69. The molecular weight excluding hydrogens is 212 g/mol. The number of nitrogen functional groups attached to an aromatic ring is 1. The first kappa shape index (κ1) is 12.1. The second-order valence-electron chi connectivity index (χ2n) is 4.79. The van der Waals surface area contributed by atoms with Crippen LogP contribution in [0.1, 0.15) is 38.5 Å². The van der Waals surface area contributed by atoms with Gasteiger partial charge in [0.05, 0.1) is 12.8 Å². The summed E-state index contributed by atoms with van der Waals surface area (Å²) in [6.45, 7) is 0. The first-order valence-corrected chi connectivity index (χ1v) is 6.49. The average Bonchev–Trinajstić information content (AvgIpc) is 2.60. The average molecular weight is 234 g/mol. The lowest BCUT2D eigenvalue weighted by atomic mass is 10.1. The van der Waals surface area contributed by atoms with E-state index >= 15 is 0 Å². The van der Waals surface area contributed by atoms with Crippen molar-refractivity contribution in [3.63, 3.8) is 0 Å². The minimum absolute atomic E-state index is 0.579. The Kier molecular flexibility index (Phi) is 4.13. The van der Waals surface area contributed by atoms with Gasteiger partial charge in [0.25, 0.3) is 0 Å². The van der Waals surface area contributed by atoms with Crippen molar-refractivity contribution >= 4 is 11.4 Å². The number of rotatable bonds is 3. The van der Waals surface area contributed by atoms with E-state index in [0.717, 1.165) is 17.1 Å². The lowest BCUT2D eigenvalue weighted by Crippen LogP contribution is -2.18. The van der Waals surface area contributed by atoms with Crippen molar-refractivity contribution in [2.45, 2.75) is 44.6 Å². The quantitative estimate of drug-likeness (QED) is 0.622. The van der Waals surface area contributed by atoms with Crippen LogP contribution in [-0.4, -0.2) is 13.2 Å². The van der Waals surface area contributed by atoms with Gasteiger partial charge in [0, 0.05) is 17.8 Å². The summed E-state index contributed by atoms with van der Waals surface area (Å²) in [4.78, 5) is 0. The highest BCUT2D eigenvalue weighted by Gasteiger charge is 2.13. The molecule has 0 bridgehead atoms. The first-order valence-electron chi connectivity index (χ1n) is 6.49. The van der Waals surface area contributed by atoms with Crippen molar-refractivity contribution in [2.24, 2.45) is 0 Å². The molecule has 0 spiro atoms. The maximum atomic E-state index is 5.75. The number of anilines is 2. The van der Waals surface area contributed by atoms with Gasteiger partial charge in [-0.3, -0.25) is 0 Å². The number of methoxy groups -OCH3 is 1. The maximum absolute atomic E-state index is 5.75. The van der Waals surface area contributed by atoms with Crippen LogP contribution in [0.3, 0.4) is 0 Å². The predicted octanol–water partition coefficient (Wildman–Crippen LogP) is 3.41. The molecule has 1 aliphatic carbocycles. The van der Waals surface area contributed by atoms with Gasteiger partial charge in [-0.2, -0.15) is 0 Å². The third-order valence-electron chi connectivity index (χ3n) is 3.44. The van der Waals surface area contributed by atoms with Gasteiger partial charge in [-0.1, -0.05) is 25.7 Å². The Bertz CT molecular complexity index is 357. The molecule has 0 heterocycles. The Morgan fingerprint density at radius 2 is 1.88 bits per heavy atom. The summed E-state index contributed by atoms with van der Waals surface area (Å²) in [5, 5.41) is 3.59. The lowest BCUT2D eigenvalue weighted by molar-refractivity contribution is 0.415. The number of nitrogens with two attached hydrogens (primary N) is 1. The van der Waals surface area contributed by atoms with E-state index in [1.165, 1.54) is 38.5 Å². The second-order valence-corrected chi connectivity index (χ2v) is 4.79. The van der Waals surface area contributed by atoms with E-state index in [4.69, 9.17) is 10.5 Å². The summed E-state index contributed by atoms with van der Waals surface area (Å²) >= 11 is 0. The summed E-state index contributed by atoms with van der Waals surface area (Å²) in [6, 6.07) is 6.38. The zero-order valence-corrected chi connectivity index (χ0v) is 10.5. The Hall–Kier alpha value is -1.38. The molecule has 1 saturated carbocycles. The minimum Gasteiger partial charge on any atom is -0.495 e. The molecule has 1 aliphatic rings. The SMILES string of the molecule is COc1cc(N)ccc1NC1CCCCCC1. The van der Waals surface area contributed by atoms with Crippen LogP contribution in [0.2, 0.25) is 0 Å². The minimum atomic E-state index is 0.579. The molecular formula is C14H22N2O. The molecule has 0 aromatic heterocycles. The molecule has 0 amide bonds. The van der Waals surface area contributed by atoms with E-state index in [1.807, 2.05) is 18.2 Å². The van der Waals surface area contributed by atoms with Gasteiger partial charge in [0.2, 0.25) is 0 Å². The molecule has 0 aliphatic heterocycles. The summed E-state index contributed by atoms with van der Waals surface area (Å²) in [5.74, 6) is 0.842. The number of hydrogen-bond donors (Lipinski definition) is 2. The molecule has 17 heavy (non-hydrogen) atoms. The Morgan fingerprint density at radius 3 is 2.53 bits per heavy atom. The monoisotopic (exact) mass is 234 g/mol. The Morgan fingerprint density at radius 1 is 1.18 bits per heavy atom. The second kappa shape index (κ2) is 5.80. The van der Waals surface area contributed by atoms with Gasteiger partial charge in [-0.25, -0.2) is 0 Å². The van der Waals surface area contributed by atoms with E-state index in [1.54, 1.807) is 7.11 Å². The fourth-order valence-corrected chi connectivity index (χ4v) is 2.47. The zero-order chi connectivity index (χ0) is 12.1. The molecule has 1 aromatic rings. The normalized spacial score (nSPS) is 17.5. The van der Waals surface area contributed by atoms with Crippen molar-refractivity contribution in [3.05, 3.63) is 18.2 Å². The molecule has 3 N–H and O–H groups in total. The summed E-state index contributed by atoms with van der Waals surface area (Å²) < 4.78 is 5.36. The maximum Gasteiger partial charge on any atom is 0.144 e. The van der Waals surface area contributed by atoms with Gasteiger partial charge < -0.3 is 15.8 Å². The third kappa shape index (κ3) is 3.29. The standard InChI is InChI=1S/C14H22N2O/c1-17-14-10-11(15)8-9-13(14)16-12-6-4-2-3-5-7-12/h8-10,12,16H,2-7,15H2,1H3. The molecule has 2 rings (SSSR count). The van der Waals surface area contributed by atoms with Crippen molar-refractivity contribution in [1.29, 1.82) is 0 Å². The van der Waals surface area contributed by atoms with E-state index < -0.39 is 0 Å². The molecule has 1 fully saturated rings. The van der Waals surface area contributed by atoms with Crippen LogP contribution < -0.4 is 15.8 Å². The van der Waals surface area contributed by atoms with Crippen molar-refractivity contribution in [2.75, 3.05) is 18.2 Å². The summed E-state index contributed by atoms with van der Waals surface area (Å²) in [6.07, 6.45) is 7.92. The molecule has 1 aromatic carbocycles. The molecule has 0 radical (unpaired) electrons. The topological polar surface area (TPSA) is 47.3 Å². The van der Waals surface area contributed by atoms with Crippen LogP contribution in [0, 0.1) is 0 Å². The molecule has 0 atom stereocenters. The molecule has 0 unspecified atom stereocenters. The highest BCUT2D eigenvalue weighted by molar-refractivity contribution is 5.62. The van der Waals surface area contributed by atoms with Gasteiger partial charge in [0.1, 0.15) is 5.75 Å². The smallest absolute Gasteiger partial charge is 0.144 e. The fraction of sp³-hybridized carbons (Fsp3) is 0.571. The summed E-state index contributed by atoms with van der Waals surface area (Å²) in [5.41, 5.74) is 7.56. The van der Waals surface area contributed by atoms with Crippen LogP contribution in [0.25, 0.3) is 0 Å². The number of nitrogens with one attached hydrogen (secondary N) is 1. The van der Waals surface area contributed by atoms with E-state index in [0.29, 0.717) is 6.04 Å². The molecule has 0 saturated heterocycles. The highest BCUT2D eigenvalue weighted by Crippen LogP contribution is 2.29. The van der Waals surface area contributed by atoms with Crippen molar-refractivity contribution in [3.8, 4) is 5.75 Å². The van der Waals surface area contributed by atoms with Gasteiger partial charge in [-0.05, 0) is 25.0 Å². The van der Waals surface area contributed by atoms with Crippen LogP contribution in [0.5, 0.6) is 5.75 Å². The van der Waals surface area contributed by atoms with Gasteiger partial charge >= 0.3 is 0 Å². The molecule has 94 valence electrons. The highest BCUT2D eigenvalue weighted by atomic mass is 16.5. The Labute approximate surface area is 103 Å². The third-order valence-corrected chi connectivity index (χ3v) is 3.44. The van der Waals surface area contributed by atoms with Crippen LogP contribution in [0.4, 0.5) is 11.4 Å². The largest absolute Gasteiger partial charge is 0.495 e. The zero-order valence-electron chi connectivity index (χ0n) is 10.5. The van der Waals surface area contributed by atoms with Crippen molar-refractivity contribution < 1.29 is 4.74 Å². The van der Waals surface area contributed by atoms with E-state index in [-0.39, 0.29) is 0 Å². The predicted molar refractivity (Wildman–Crippen MR) is 72.5 cm³/mol. The molecule has 3 nitrogen and oxygen atoms in total. The van der Waals surface area contributed by atoms with Crippen molar-refractivity contribution in [1.82, 2.24) is 0 Å². The number of hydrogen-bond acceptors (Lipinski definition) is 3. The lowest BCUT2D eigenvalue weighted by Gasteiger charge is -2.19. The fourth-order valence-electron chi connectivity index (χ4n) is 2.47. The first-order chi connectivity index (χ1) is 8.29. The van der Waals surface area contributed by atoms with Gasteiger partial charge in [0.15, 0.2) is 0 Å². The van der Waals surface area contributed by atoms with E-state index in [9.17, 15) is 0 Å². The van der Waals surface area contributed by atoms with Gasteiger partial charge in [-0.15, -0.1) is 0 Å². The number of benzene rings is 1. The van der Waals surface area contributed by atoms with Crippen LogP contribution >= 0.6 is 0 Å².